The number of thiazole rings is 1. The Kier molecular flexibility index (Phi) is 5.10. The van der Waals surface area contributed by atoms with Crippen molar-refractivity contribution in [3.8, 4) is 0 Å². The normalized spacial score (nSPS) is 17.4. The van der Waals surface area contributed by atoms with Crippen molar-refractivity contribution in [3.05, 3.63) is 99.6 Å². The summed E-state index contributed by atoms with van der Waals surface area (Å²) in [5, 5.41) is 22.2. The number of hydrogen-bond acceptors (Lipinski definition) is 8. The average molecular weight is 476 g/mol. The van der Waals surface area contributed by atoms with Crippen LogP contribution in [0.4, 0.5) is 15.2 Å². The van der Waals surface area contributed by atoms with Crippen LogP contribution in [-0.2, 0) is 9.59 Å². The van der Waals surface area contributed by atoms with Gasteiger partial charge in [0.15, 0.2) is 5.13 Å². The Hall–Kier alpha value is -4.51. The molecular formula is C23H13FN4O5S. The number of carbonyl (C=O) groups excluding carboxylic acids is 2. The molecule has 2 aromatic carbocycles. The summed E-state index contributed by atoms with van der Waals surface area (Å²) in [6.45, 7) is 0. The number of hydrogen-bond donors (Lipinski definition) is 1. The van der Waals surface area contributed by atoms with Crippen LogP contribution in [-0.4, -0.2) is 31.7 Å². The zero-order valence-corrected chi connectivity index (χ0v) is 17.9. The molecule has 1 aliphatic rings. The smallest absolute Gasteiger partial charge is 0.301 e. The van der Waals surface area contributed by atoms with E-state index in [0.717, 1.165) is 28.4 Å². The minimum absolute atomic E-state index is 0.117. The van der Waals surface area contributed by atoms with E-state index >= 15 is 0 Å². The molecule has 0 radical (unpaired) electrons. The third-order valence-corrected chi connectivity index (χ3v) is 6.33. The summed E-state index contributed by atoms with van der Waals surface area (Å²) in [5.74, 6) is -2.90. The Morgan fingerprint density at radius 3 is 2.56 bits per heavy atom. The van der Waals surface area contributed by atoms with E-state index in [1.807, 2.05) is 0 Å². The van der Waals surface area contributed by atoms with Gasteiger partial charge in [0.05, 0.1) is 26.4 Å². The molecule has 1 N–H and O–H groups in total. The molecule has 4 aromatic rings. The van der Waals surface area contributed by atoms with Gasteiger partial charge in [-0.1, -0.05) is 17.4 Å². The molecule has 1 fully saturated rings. The number of fused-ring (bicyclic) bond motifs is 1. The number of nitro benzene ring substituents is 1. The van der Waals surface area contributed by atoms with Crippen LogP contribution in [0.25, 0.3) is 16.0 Å². The summed E-state index contributed by atoms with van der Waals surface area (Å²) in [6.07, 6.45) is 1.48. The number of nitro groups is 1. The number of rotatable bonds is 4. The fourth-order valence-electron chi connectivity index (χ4n) is 3.73. The van der Waals surface area contributed by atoms with Gasteiger partial charge in [0.25, 0.3) is 11.5 Å². The lowest BCUT2D eigenvalue weighted by Gasteiger charge is -2.21. The van der Waals surface area contributed by atoms with Crippen molar-refractivity contribution in [2.45, 2.75) is 6.04 Å². The molecular weight excluding hydrogens is 463 g/mol. The van der Waals surface area contributed by atoms with Gasteiger partial charge in [0.2, 0.25) is 0 Å². The molecule has 0 spiro atoms. The van der Waals surface area contributed by atoms with E-state index in [-0.39, 0.29) is 22.0 Å². The first kappa shape index (κ1) is 21.3. The van der Waals surface area contributed by atoms with Crippen LogP contribution >= 0.6 is 11.3 Å². The quantitative estimate of drug-likeness (QED) is 0.152. The number of ketones is 1. The van der Waals surface area contributed by atoms with E-state index in [2.05, 4.69) is 9.97 Å². The van der Waals surface area contributed by atoms with Gasteiger partial charge in [0, 0.05) is 23.9 Å². The number of aromatic nitrogens is 2. The van der Waals surface area contributed by atoms with Crippen molar-refractivity contribution in [2.75, 3.05) is 4.90 Å². The minimum Gasteiger partial charge on any atom is -0.507 e. The lowest BCUT2D eigenvalue weighted by Crippen LogP contribution is -2.29. The van der Waals surface area contributed by atoms with Gasteiger partial charge >= 0.3 is 5.91 Å². The Labute approximate surface area is 194 Å². The van der Waals surface area contributed by atoms with Crippen molar-refractivity contribution in [2.24, 2.45) is 0 Å². The van der Waals surface area contributed by atoms with Crippen molar-refractivity contribution in [3.63, 3.8) is 0 Å². The number of aliphatic hydroxyl groups excluding tert-OH is 1. The lowest BCUT2D eigenvalue weighted by molar-refractivity contribution is -0.384. The third-order valence-electron chi connectivity index (χ3n) is 5.31. The molecule has 0 aliphatic carbocycles. The Balaban J connectivity index is 1.70. The number of benzene rings is 2. The van der Waals surface area contributed by atoms with E-state index in [0.29, 0.717) is 15.9 Å². The third kappa shape index (κ3) is 3.48. The molecule has 34 heavy (non-hydrogen) atoms. The van der Waals surface area contributed by atoms with Crippen molar-refractivity contribution < 1.29 is 24.0 Å². The van der Waals surface area contributed by atoms with Crippen LogP contribution in [0.2, 0.25) is 0 Å². The highest BCUT2D eigenvalue weighted by molar-refractivity contribution is 7.22. The van der Waals surface area contributed by atoms with Crippen molar-refractivity contribution in [1.82, 2.24) is 9.97 Å². The molecule has 3 heterocycles. The summed E-state index contributed by atoms with van der Waals surface area (Å²) < 4.78 is 13.8. The van der Waals surface area contributed by atoms with Gasteiger partial charge < -0.3 is 5.11 Å². The highest BCUT2D eigenvalue weighted by atomic mass is 32.1. The number of nitrogens with zero attached hydrogens (tertiary/aromatic N) is 4. The molecule has 11 heteroatoms. The summed E-state index contributed by atoms with van der Waals surface area (Å²) in [5.41, 5.74) is 0.504. The summed E-state index contributed by atoms with van der Waals surface area (Å²) in [6, 6.07) is 12.7. The molecule has 168 valence electrons. The summed E-state index contributed by atoms with van der Waals surface area (Å²) >= 11 is 0.998. The molecule has 1 amide bonds. The highest BCUT2D eigenvalue weighted by Gasteiger charge is 2.48. The molecule has 0 bridgehead atoms. The first-order valence-corrected chi connectivity index (χ1v) is 10.7. The molecule has 2 aromatic heterocycles. The number of Topliss-reactive ketones (excluding diaryl/α,β-unsaturated/α-hetero) is 1. The van der Waals surface area contributed by atoms with Crippen molar-refractivity contribution in [1.29, 1.82) is 0 Å². The SMILES string of the molecule is O=C1C(=O)N(c2nc3ccc([N+](=O)[O-])cc3s2)C(c2ccccn2)/C1=C(\O)c1ccc(F)cc1. The predicted octanol–water partition coefficient (Wildman–Crippen LogP) is 4.36. The van der Waals surface area contributed by atoms with Gasteiger partial charge in [0.1, 0.15) is 17.6 Å². The van der Waals surface area contributed by atoms with E-state index in [1.54, 1.807) is 18.2 Å². The number of amides is 1. The van der Waals surface area contributed by atoms with Crippen LogP contribution in [0.3, 0.4) is 0 Å². The minimum atomic E-state index is -1.11. The number of non-ortho nitro benzene ring substituents is 1. The molecule has 5 rings (SSSR count). The molecule has 1 aliphatic heterocycles. The van der Waals surface area contributed by atoms with Crippen LogP contribution in [0.5, 0.6) is 0 Å². The monoisotopic (exact) mass is 476 g/mol. The molecule has 1 unspecified atom stereocenters. The first-order chi connectivity index (χ1) is 16.3. The number of halogens is 1. The number of anilines is 1. The number of carbonyl (C=O) groups is 2. The van der Waals surface area contributed by atoms with Gasteiger partial charge in [-0.05, 0) is 42.5 Å². The topological polar surface area (TPSA) is 127 Å². The van der Waals surface area contributed by atoms with Crippen LogP contribution in [0.1, 0.15) is 17.3 Å². The van der Waals surface area contributed by atoms with Gasteiger partial charge in [-0.2, -0.15) is 0 Å². The molecule has 0 saturated carbocycles. The Morgan fingerprint density at radius 1 is 1.12 bits per heavy atom. The van der Waals surface area contributed by atoms with Gasteiger partial charge in [-0.15, -0.1) is 0 Å². The average Bonchev–Trinajstić information content (AvgIpc) is 3.37. The first-order valence-electron chi connectivity index (χ1n) is 9.88. The van der Waals surface area contributed by atoms with Gasteiger partial charge in [-0.25, -0.2) is 9.37 Å². The number of aliphatic hydroxyl groups is 1. The highest BCUT2D eigenvalue weighted by Crippen LogP contribution is 2.44. The van der Waals surface area contributed by atoms with Crippen LogP contribution in [0, 0.1) is 15.9 Å². The molecule has 9 nitrogen and oxygen atoms in total. The zero-order chi connectivity index (χ0) is 24.0. The second kappa shape index (κ2) is 8.12. The molecule has 1 saturated heterocycles. The maximum atomic E-state index is 13.4. The molecule has 1 atom stereocenters. The van der Waals surface area contributed by atoms with E-state index in [9.17, 15) is 29.2 Å². The van der Waals surface area contributed by atoms with E-state index in [1.165, 1.54) is 36.5 Å². The Bertz CT molecular complexity index is 1500. The van der Waals surface area contributed by atoms with E-state index < -0.39 is 34.2 Å². The maximum Gasteiger partial charge on any atom is 0.301 e. The zero-order valence-electron chi connectivity index (χ0n) is 17.1. The van der Waals surface area contributed by atoms with Crippen LogP contribution in [0.15, 0.2) is 72.4 Å². The van der Waals surface area contributed by atoms with E-state index in [4.69, 9.17) is 0 Å². The second-order valence-corrected chi connectivity index (χ2v) is 8.35. The van der Waals surface area contributed by atoms with Crippen LogP contribution < -0.4 is 4.90 Å². The fraction of sp³-hybridized carbons (Fsp3) is 0.0435. The maximum absolute atomic E-state index is 13.4. The standard InChI is InChI=1S/C23H13FN4O5S/c24-13-6-4-12(5-7-13)20(29)18-19(16-3-1-2-10-25-16)27(22(31)21(18)30)23-26-15-9-8-14(28(32)33)11-17(15)34-23/h1-11,19,29H/b20-18+. The Morgan fingerprint density at radius 2 is 1.88 bits per heavy atom. The van der Waals surface area contributed by atoms with Gasteiger partial charge in [-0.3, -0.25) is 29.6 Å². The summed E-state index contributed by atoms with van der Waals surface area (Å²) in [4.78, 5) is 46.6. The summed E-state index contributed by atoms with van der Waals surface area (Å²) in [7, 11) is 0. The fourth-order valence-corrected chi connectivity index (χ4v) is 4.75. The predicted molar refractivity (Wildman–Crippen MR) is 122 cm³/mol. The van der Waals surface area contributed by atoms with Crippen molar-refractivity contribution >= 4 is 49.8 Å². The number of pyridine rings is 1. The largest absolute Gasteiger partial charge is 0.507 e. The lowest BCUT2D eigenvalue weighted by atomic mass is 9.98. The second-order valence-electron chi connectivity index (χ2n) is 7.34.